The maximum Gasteiger partial charge on any atom is 0.0488 e. The fourth-order valence-electron chi connectivity index (χ4n) is 3.29. The molecule has 14 heavy (non-hydrogen) atoms. The maximum atomic E-state index is 9.17. The predicted molar refractivity (Wildman–Crippen MR) is 56.5 cm³/mol. The summed E-state index contributed by atoms with van der Waals surface area (Å²) in [5.41, 5.74) is 2.01. The molecule has 0 saturated heterocycles. The van der Waals surface area contributed by atoms with Crippen LogP contribution in [0.15, 0.2) is 24.3 Å². The van der Waals surface area contributed by atoms with Gasteiger partial charge in [0.2, 0.25) is 0 Å². The molecule has 0 aromatic heterocycles. The lowest BCUT2D eigenvalue weighted by atomic mass is 9.34. The van der Waals surface area contributed by atoms with Crippen molar-refractivity contribution in [2.75, 3.05) is 6.61 Å². The Morgan fingerprint density at radius 3 is 2.57 bits per heavy atom. The summed E-state index contributed by atoms with van der Waals surface area (Å²) < 4.78 is 0. The van der Waals surface area contributed by atoms with Crippen molar-refractivity contribution in [1.29, 1.82) is 0 Å². The van der Waals surface area contributed by atoms with Gasteiger partial charge in [-0.3, -0.25) is 0 Å². The third kappa shape index (κ3) is 0.945. The van der Waals surface area contributed by atoms with Gasteiger partial charge in [0.05, 0.1) is 0 Å². The van der Waals surface area contributed by atoms with Crippen LogP contribution in [0.2, 0.25) is 5.02 Å². The van der Waals surface area contributed by atoms with Crippen LogP contribution < -0.4 is 0 Å². The molecule has 2 heteroatoms. The van der Waals surface area contributed by atoms with E-state index in [0.717, 1.165) is 24.3 Å². The molecule has 0 spiro atoms. The number of aliphatic hydroxyl groups is 1. The lowest BCUT2D eigenvalue weighted by molar-refractivity contribution is -0.167. The summed E-state index contributed by atoms with van der Waals surface area (Å²) in [6, 6.07) is 8.16. The van der Waals surface area contributed by atoms with Crippen molar-refractivity contribution < 1.29 is 5.11 Å². The molecule has 1 aromatic carbocycles. The molecule has 3 fully saturated rings. The standard InChI is InChI=1S/C12H13ClO/c13-10-3-1-2-9(4-10)12-5-11(6-12,7-12)8-14/h1-4,14H,5-8H2. The third-order valence-corrected chi connectivity index (χ3v) is 4.15. The number of aliphatic hydroxyl groups excluding tert-OH is 1. The monoisotopic (exact) mass is 208 g/mol. The molecule has 1 aromatic rings. The van der Waals surface area contributed by atoms with E-state index in [-0.39, 0.29) is 5.41 Å². The maximum absolute atomic E-state index is 9.17. The third-order valence-electron chi connectivity index (χ3n) is 3.91. The summed E-state index contributed by atoms with van der Waals surface area (Å²) in [7, 11) is 0. The Hall–Kier alpha value is -0.530. The van der Waals surface area contributed by atoms with Crippen LogP contribution in [0.25, 0.3) is 0 Å². The molecule has 3 aliphatic rings. The zero-order valence-electron chi connectivity index (χ0n) is 7.96. The topological polar surface area (TPSA) is 20.2 Å². The summed E-state index contributed by atoms with van der Waals surface area (Å²) in [4.78, 5) is 0. The number of hydrogen-bond donors (Lipinski definition) is 1. The molecule has 3 saturated carbocycles. The van der Waals surface area contributed by atoms with Crippen LogP contribution in [0.5, 0.6) is 0 Å². The van der Waals surface area contributed by atoms with Crippen molar-refractivity contribution >= 4 is 11.6 Å². The van der Waals surface area contributed by atoms with Crippen LogP contribution in [-0.4, -0.2) is 11.7 Å². The highest BCUT2D eigenvalue weighted by Gasteiger charge is 2.67. The zero-order valence-corrected chi connectivity index (χ0v) is 8.72. The van der Waals surface area contributed by atoms with E-state index in [9.17, 15) is 5.11 Å². The van der Waals surface area contributed by atoms with Crippen molar-refractivity contribution in [3.05, 3.63) is 34.9 Å². The molecule has 0 amide bonds. The number of hydrogen-bond acceptors (Lipinski definition) is 1. The molecule has 2 bridgehead atoms. The Morgan fingerprint density at radius 2 is 2.00 bits per heavy atom. The van der Waals surface area contributed by atoms with Gasteiger partial charge in [-0.15, -0.1) is 0 Å². The van der Waals surface area contributed by atoms with Gasteiger partial charge >= 0.3 is 0 Å². The Balaban J connectivity index is 1.87. The summed E-state index contributed by atoms with van der Waals surface area (Å²) >= 11 is 5.97. The minimum absolute atomic E-state index is 0.280. The molecule has 1 nitrogen and oxygen atoms in total. The fourth-order valence-corrected chi connectivity index (χ4v) is 3.48. The second kappa shape index (κ2) is 2.53. The van der Waals surface area contributed by atoms with E-state index < -0.39 is 0 Å². The predicted octanol–water partition coefficient (Wildman–Crippen LogP) is 2.75. The van der Waals surface area contributed by atoms with Crippen LogP contribution in [-0.2, 0) is 5.41 Å². The average molecular weight is 209 g/mol. The van der Waals surface area contributed by atoms with Crippen LogP contribution >= 0.6 is 11.6 Å². The molecule has 74 valence electrons. The molecule has 0 heterocycles. The molecule has 0 aliphatic heterocycles. The second-order valence-electron chi connectivity index (χ2n) is 4.98. The molecular formula is C12H13ClO. The first-order valence-electron chi connectivity index (χ1n) is 5.05. The minimum Gasteiger partial charge on any atom is -0.396 e. The van der Waals surface area contributed by atoms with Gasteiger partial charge in [-0.25, -0.2) is 0 Å². The Morgan fingerprint density at radius 1 is 1.29 bits per heavy atom. The second-order valence-corrected chi connectivity index (χ2v) is 5.42. The van der Waals surface area contributed by atoms with Gasteiger partial charge in [0, 0.05) is 11.6 Å². The highest BCUT2D eigenvalue weighted by molar-refractivity contribution is 6.30. The van der Waals surface area contributed by atoms with Crippen LogP contribution in [0.4, 0.5) is 0 Å². The highest BCUT2D eigenvalue weighted by atomic mass is 35.5. The number of rotatable bonds is 2. The quantitative estimate of drug-likeness (QED) is 0.793. The Labute approximate surface area is 88.7 Å². The van der Waals surface area contributed by atoms with Crippen molar-refractivity contribution in [2.24, 2.45) is 5.41 Å². The van der Waals surface area contributed by atoms with E-state index >= 15 is 0 Å². The van der Waals surface area contributed by atoms with Crippen molar-refractivity contribution in [3.63, 3.8) is 0 Å². The van der Waals surface area contributed by atoms with E-state index in [1.807, 2.05) is 12.1 Å². The first kappa shape index (κ1) is 8.75. The smallest absolute Gasteiger partial charge is 0.0488 e. The van der Waals surface area contributed by atoms with Crippen molar-refractivity contribution in [2.45, 2.75) is 24.7 Å². The summed E-state index contributed by atoms with van der Waals surface area (Å²) in [6.45, 7) is 0.356. The fraction of sp³-hybridized carbons (Fsp3) is 0.500. The van der Waals surface area contributed by atoms with Crippen LogP contribution in [0, 0.1) is 5.41 Å². The number of benzene rings is 1. The van der Waals surface area contributed by atoms with E-state index in [1.165, 1.54) is 5.56 Å². The lowest BCUT2D eigenvalue weighted by Gasteiger charge is -2.70. The van der Waals surface area contributed by atoms with Crippen molar-refractivity contribution in [1.82, 2.24) is 0 Å². The van der Waals surface area contributed by atoms with E-state index in [4.69, 9.17) is 11.6 Å². The van der Waals surface area contributed by atoms with Crippen LogP contribution in [0.1, 0.15) is 24.8 Å². The SMILES string of the molecule is OCC12CC(c3cccc(Cl)c3)(C1)C2. The van der Waals surface area contributed by atoms with Gasteiger partial charge in [0.15, 0.2) is 0 Å². The van der Waals surface area contributed by atoms with Gasteiger partial charge in [-0.05, 0) is 47.8 Å². The average Bonchev–Trinajstić information content (AvgIpc) is 2.00. The molecule has 4 rings (SSSR count). The van der Waals surface area contributed by atoms with Gasteiger partial charge in [-0.2, -0.15) is 0 Å². The van der Waals surface area contributed by atoms with Gasteiger partial charge in [-0.1, -0.05) is 23.7 Å². The largest absolute Gasteiger partial charge is 0.396 e. The van der Waals surface area contributed by atoms with Crippen LogP contribution in [0.3, 0.4) is 0 Å². The zero-order chi connectivity index (χ0) is 9.81. The summed E-state index contributed by atoms with van der Waals surface area (Å²) in [6.07, 6.45) is 3.45. The van der Waals surface area contributed by atoms with Crippen molar-refractivity contribution in [3.8, 4) is 0 Å². The normalized spacial score (nSPS) is 38.7. The first-order valence-corrected chi connectivity index (χ1v) is 5.43. The molecule has 0 unspecified atom stereocenters. The van der Waals surface area contributed by atoms with E-state index in [0.29, 0.717) is 12.0 Å². The molecular weight excluding hydrogens is 196 g/mol. The lowest BCUT2D eigenvalue weighted by Crippen LogP contribution is -2.66. The Kier molecular flexibility index (Phi) is 1.58. The van der Waals surface area contributed by atoms with E-state index in [1.54, 1.807) is 0 Å². The highest BCUT2D eigenvalue weighted by Crippen LogP contribution is 2.73. The Bertz CT molecular complexity index is 366. The summed E-state index contributed by atoms with van der Waals surface area (Å²) in [5.74, 6) is 0. The summed E-state index contributed by atoms with van der Waals surface area (Å²) in [5, 5.41) is 10.00. The number of halogens is 1. The molecule has 0 atom stereocenters. The van der Waals surface area contributed by atoms with E-state index in [2.05, 4.69) is 12.1 Å². The molecule has 0 radical (unpaired) electrons. The van der Waals surface area contributed by atoms with Gasteiger partial charge < -0.3 is 5.11 Å². The molecule has 3 aliphatic carbocycles. The minimum atomic E-state index is 0.280. The van der Waals surface area contributed by atoms with Gasteiger partial charge in [0.25, 0.3) is 0 Å². The van der Waals surface area contributed by atoms with Gasteiger partial charge in [0.1, 0.15) is 0 Å². The first-order chi connectivity index (χ1) is 6.68. The molecule has 1 N–H and O–H groups in total.